The Balaban J connectivity index is 2.08. The van der Waals surface area contributed by atoms with Crippen LogP contribution in [0, 0.1) is 0 Å². The first kappa shape index (κ1) is 15.6. The lowest BCUT2D eigenvalue weighted by Crippen LogP contribution is -2.34. The Kier molecular flexibility index (Phi) is 4.09. The summed E-state index contributed by atoms with van der Waals surface area (Å²) in [6.07, 6.45) is 0.147. The first-order valence-corrected chi connectivity index (χ1v) is 7.99. The molecule has 120 valence electrons. The molecule has 1 aliphatic rings. The van der Waals surface area contributed by atoms with Crippen molar-refractivity contribution in [2.45, 2.75) is 12.3 Å². The molecule has 3 rings (SSSR count). The van der Waals surface area contributed by atoms with Crippen molar-refractivity contribution in [1.82, 2.24) is 0 Å². The lowest BCUT2D eigenvalue weighted by atomic mass is 9.97. The number of rotatable bonds is 3. The van der Waals surface area contributed by atoms with E-state index in [4.69, 9.17) is 9.47 Å². The minimum Gasteiger partial charge on any atom is -0.497 e. The van der Waals surface area contributed by atoms with Crippen LogP contribution in [-0.4, -0.2) is 33.1 Å². The largest absolute Gasteiger partial charge is 0.497 e. The second-order valence-corrected chi connectivity index (χ2v) is 6.41. The number of esters is 1. The molecule has 0 bridgehead atoms. The van der Waals surface area contributed by atoms with Gasteiger partial charge in [-0.1, -0.05) is 12.1 Å². The van der Waals surface area contributed by atoms with Crippen molar-refractivity contribution in [3.8, 4) is 16.2 Å². The fourth-order valence-electron chi connectivity index (χ4n) is 2.70. The van der Waals surface area contributed by atoms with E-state index in [0.717, 1.165) is 26.8 Å². The van der Waals surface area contributed by atoms with E-state index in [-0.39, 0.29) is 18.3 Å². The molecule has 0 fully saturated rings. The Morgan fingerprint density at radius 2 is 2.09 bits per heavy atom. The maximum Gasteiger partial charge on any atom is 0.314 e. The van der Waals surface area contributed by atoms with E-state index in [0.29, 0.717) is 0 Å². The van der Waals surface area contributed by atoms with Crippen LogP contribution >= 0.6 is 11.3 Å². The molecule has 1 aromatic heterocycles. The van der Waals surface area contributed by atoms with Gasteiger partial charge in [-0.3, -0.25) is 9.59 Å². The number of fused-ring (bicyclic) bond motifs is 1. The smallest absolute Gasteiger partial charge is 0.314 e. The summed E-state index contributed by atoms with van der Waals surface area (Å²) in [7, 11) is 4.70. The fraction of sp³-hybridized carbons (Fsp3) is 0.294. The first-order chi connectivity index (χ1) is 11.0. The van der Waals surface area contributed by atoms with Crippen LogP contribution in [0.15, 0.2) is 30.3 Å². The summed E-state index contributed by atoms with van der Waals surface area (Å²) in [6.45, 7) is 0. The highest BCUT2D eigenvalue weighted by Crippen LogP contribution is 2.45. The zero-order chi connectivity index (χ0) is 16.6. The number of nitrogens with zero attached hydrogens (tertiary/aromatic N) is 1. The van der Waals surface area contributed by atoms with Gasteiger partial charge in [0.2, 0.25) is 5.91 Å². The van der Waals surface area contributed by atoms with E-state index in [1.165, 1.54) is 18.4 Å². The molecular weight excluding hydrogens is 314 g/mol. The lowest BCUT2D eigenvalue weighted by molar-refractivity contribution is -0.144. The summed E-state index contributed by atoms with van der Waals surface area (Å²) in [5.41, 5.74) is 1.77. The minimum absolute atomic E-state index is 0.0807. The fourth-order valence-corrected chi connectivity index (χ4v) is 3.97. The van der Waals surface area contributed by atoms with Crippen molar-refractivity contribution in [1.29, 1.82) is 0 Å². The van der Waals surface area contributed by atoms with E-state index < -0.39 is 5.92 Å². The molecule has 1 atom stereocenters. The third-order valence-corrected chi connectivity index (χ3v) is 5.30. The highest BCUT2D eigenvalue weighted by molar-refractivity contribution is 7.16. The van der Waals surface area contributed by atoms with Gasteiger partial charge in [-0.05, 0) is 23.8 Å². The molecule has 0 saturated heterocycles. The quantitative estimate of drug-likeness (QED) is 0.811. The van der Waals surface area contributed by atoms with Gasteiger partial charge in [-0.25, -0.2) is 0 Å². The zero-order valence-electron chi connectivity index (χ0n) is 13.2. The van der Waals surface area contributed by atoms with Crippen molar-refractivity contribution in [2.24, 2.45) is 0 Å². The Morgan fingerprint density at radius 1 is 1.30 bits per heavy atom. The number of benzene rings is 1. The van der Waals surface area contributed by atoms with Crippen molar-refractivity contribution in [3.63, 3.8) is 0 Å². The molecular formula is C17H17NO4S. The monoisotopic (exact) mass is 331 g/mol. The molecule has 0 radical (unpaired) electrons. The second kappa shape index (κ2) is 6.04. The van der Waals surface area contributed by atoms with Gasteiger partial charge in [0.05, 0.1) is 19.9 Å². The van der Waals surface area contributed by atoms with Gasteiger partial charge in [-0.15, -0.1) is 11.3 Å². The Labute approximate surface area is 138 Å². The van der Waals surface area contributed by atoms with Crippen molar-refractivity contribution >= 4 is 28.9 Å². The third-order valence-electron chi connectivity index (χ3n) is 4.01. The van der Waals surface area contributed by atoms with E-state index in [1.807, 2.05) is 30.3 Å². The Bertz CT molecular complexity index is 768. The van der Waals surface area contributed by atoms with E-state index in [1.54, 1.807) is 19.1 Å². The topological polar surface area (TPSA) is 55.8 Å². The normalized spacial score (nSPS) is 16.9. The van der Waals surface area contributed by atoms with Crippen LogP contribution in [0.5, 0.6) is 5.75 Å². The molecule has 0 aliphatic carbocycles. The zero-order valence-corrected chi connectivity index (χ0v) is 14.0. The average molecular weight is 331 g/mol. The molecule has 1 aliphatic heterocycles. The number of hydrogen-bond acceptors (Lipinski definition) is 5. The van der Waals surface area contributed by atoms with Gasteiger partial charge in [0, 0.05) is 23.2 Å². The Hall–Kier alpha value is -2.34. The SMILES string of the molecule is COC(=O)C1CC(=O)N(C)c2cc(-c3cccc(OC)c3)sc21. The van der Waals surface area contributed by atoms with Gasteiger partial charge >= 0.3 is 5.97 Å². The van der Waals surface area contributed by atoms with Crippen LogP contribution in [0.4, 0.5) is 5.69 Å². The van der Waals surface area contributed by atoms with Gasteiger partial charge in [0.1, 0.15) is 11.7 Å². The van der Waals surface area contributed by atoms with Crippen LogP contribution < -0.4 is 9.64 Å². The van der Waals surface area contributed by atoms with Gasteiger partial charge in [-0.2, -0.15) is 0 Å². The molecule has 2 heterocycles. The molecule has 2 aromatic rings. The summed E-state index contributed by atoms with van der Waals surface area (Å²) in [5, 5.41) is 0. The van der Waals surface area contributed by atoms with Gasteiger partial charge in [0.15, 0.2) is 0 Å². The number of anilines is 1. The van der Waals surface area contributed by atoms with Crippen LogP contribution in [0.25, 0.3) is 10.4 Å². The van der Waals surface area contributed by atoms with E-state index in [2.05, 4.69) is 0 Å². The molecule has 1 amide bonds. The molecule has 0 saturated carbocycles. The molecule has 5 nitrogen and oxygen atoms in total. The molecule has 1 unspecified atom stereocenters. The summed E-state index contributed by atoms with van der Waals surface area (Å²) < 4.78 is 10.1. The lowest BCUT2D eigenvalue weighted by Gasteiger charge is -2.27. The Morgan fingerprint density at radius 3 is 2.78 bits per heavy atom. The van der Waals surface area contributed by atoms with Crippen molar-refractivity contribution in [2.75, 3.05) is 26.2 Å². The van der Waals surface area contributed by atoms with Crippen molar-refractivity contribution in [3.05, 3.63) is 35.2 Å². The second-order valence-electron chi connectivity index (χ2n) is 5.32. The van der Waals surface area contributed by atoms with E-state index in [9.17, 15) is 9.59 Å². The average Bonchev–Trinajstić information content (AvgIpc) is 3.03. The minimum atomic E-state index is -0.525. The maximum atomic E-state index is 12.1. The molecule has 0 spiro atoms. The molecule has 1 aromatic carbocycles. The summed E-state index contributed by atoms with van der Waals surface area (Å²) in [4.78, 5) is 27.6. The van der Waals surface area contributed by atoms with E-state index >= 15 is 0 Å². The van der Waals surface area contributed by atoms with Crippen LogP contribution in [0.2, 0.25) is 0 Å². The highest BCUT2D eigenvalue weighted by atomic mass is 32.1. The van der Waals surface area contributed by atoms with Crippen molar-refractivity contribution < 1.29 is 19.1 Å². The number of hydrogen-bond donors (Lipinski definition) is 0. The number of amides is 1. The predicted molar refractivity (Wildman–Crippen MR) is 89.1 cm³/mol. The number of carbonyl (C=O) groups is 2. The maximum absolute atomic E-state index is 12.1. The number of ether oxygens (including phenoxy) is 2. The van der Waals surface area contributed by atoms with Crippen LogP contribution in [-0.2, 0) is 14.3 Å². The van der Waals surface area contributed by atoms with Crippen LogP contribution in [0.3, 0.4) is 0 Å². The number of methoxy groups -OCH3 is 2. The summed E-state index contributed by atoms with van der Waals surface area (Å²) >= 11 is 1.51. The van der Waals surface area contributed by atoms with Gasteiger partial charge in [0.25, 0.3) is 0 Å². The first-order valence-electron chi connectivity index (χ1n) is 7.17. The summed E-state index contributed by atoms with van der Waals surface area (Å²) in [5.74, 6) is -0.208. The highest BCUT2D eigenvalue weighted by Gasteiger charge is 2.36. The molecule has 0 N–H and O–H groups in total. The number of thiophene rings is 1. The van der Waals surface area contributed by atoms with Crippen LogP contribution in [0.1, 0.15) is 17.2 Å². The standard InChI is InChI=1S/C17H17NO4S/c1-18-13-9-14(10-5-4-6-11(7-10)21-2)23-16(13)12(8-15(18)19)17(20)22-3/h4-7,9,12H,8H2,1-3H3. The summed E-state index contributed by atoms with van der Waals surface area (Å²) in [6, 6.07) is 9.66. The number of carbonyl (C=O) groups excluding carboxylic acids is 2. The predicted octanol–water partition coefficient (Wildman–Crippen LogP) is 3.05. The third kappa shape index (κ3) is 2.70. The van der Waals surface area contributed by atoms with Gasteiger partial charge < -0.3 is 14.4 Å². The molecule has 6 heteroatoms. The molecule has 23 heavy (non-hydrogen) atoms.